The summed E-state index contributed by atoms with van der Waals surface area (Å²) in [5.74, 6) is 4.13. The Morgan fingerprint density at radius 3 is 2.30 bits per heavy atom. The summed E-state index contributed by atoms with van der Waals surface area (Å²) in [6.07, 6.45) is 9.00. The highest BCUT2D eigenvalue weighted by molar-refractivity contribution is 5.33. The lowest BCUT2D eigenvalue weighted by Crippen LogP contribution is -2.54. The molecule has 0 aliphatic heterocycles. The van der Waals surface area contributed by atoms with Crippen LogP contribution >= 0.6 is 0 Å². The largest absolute Gasteiger partial charge is 0.494 e. The van der Waals surface area contributed by atoms with E-state index in [1.54, 1.807) is 0 Å². The zero-order valence-electron chi connectivity index (χ0n) is 14.7. The lowest BCUT2D eigenvalue weighted by atomic mass is 9.48. The molecule has 1 N–H and O–H groups in total. The number of para-hydroxylation sites is 1. The zero-order chi connectivity index (χ0) is 15.9. The molecule has 4 aliphatic carbocycles. The Morgan fingerprint density at radius 2 is 1.70 bits per heavy atom. The molecule has 0 unspecified atom stereocenters. The third kappa shape index (κ3) is 2.91. The van der Waals surface area contributed by atoms with E-state index in [4.69, 9.17) is 4.74 Å². The van der Waals surface area contributed by atoms with Crippen molar-refractivity contribution in [2.24, 2.45) is 23.2 Å². The molecule has 2 heteroatoms. The minimum atomic E-state index is 0.579. The molecule has 23 heavy (non-hydrogen) atoms. The fourth-order valence-electron chi connectivity index (χ4n) is 6.13. The molecule has 0 aromatic heterocycles. The van der Waals surface area contributed by atoms with E-state index >= 15 is 0 Å². The fraction of sp³-hybridized carbons (Fsp3) is 0.714. The van der Waals surface area contributed by atoms with Crippen LogP contribution in [-0.2, 0) is 6.54 Å². The Balaban J connectivity index is 1.43. The Hall–Kier alpha value is -1.02. The van der Waals surface area contributed by atoms with Gasteiger partial charge >= 0.3 is 0 Å². The number of hydrogen-bond acceptors (Lipinski definition) is 2. The van der Waals surface area contributed by atoms with Crippen molar-refractivity contribution in [3.63, 3.8) is 0 Å². The molecule has 1 aromatic rings. The molecule has 2 nitrogen and oxygen atoms in total. The standard InChI is InChI=1S/C21H31NO/c1-3-23-20-7-5-4-6-19(20)14-22-15(2)21-11-16-8-17(12-21)10-18(9-16)13-21/h4-7,15-18,22H,3,8-14H2,1-2H3/t15-,16?,17?,18?,21?/m1/s1. The summed E-state index contributed by atoms with van der Waals surface area (Å²) >= 11 is 0. The minimum Gasteiger partial charge on any atom is -0.494 e. The highest BCUT2D eigenvalue weighted by atomic mass is 16.5. The molecule has 1 aromatic carbocycles. The van der Waals surface area contributed by atoms with E-state index in [1.165, 1.54) is 44.1 Å². The number of benzene rings is 1. The molecule has 1 atom stereocenters. The first-order chi connectivity index (χ1) is 11.2. The molecule has 4 saturated carbocycles. The monoisotopic (exact) mass is 313 g/mol. The van der Waals surface area contributed by atoms with Gasteiger partial charge < -0.3 is 10.1 Å². The van der Waals surface area contributed by atoms with Crippen LogP contribution in [0.3, 0.4) is 0 Å². The number of nitrogens with one attached hydrogen (secondary N) is 1. The van der Waals surface area contributed by atoms with Gasteiger partial charge in [0.15, 0.2) is 0 Å². The highest BCUT2D eigenvalue weighted by Crippen LogP contribution is 2.61. The van der Waals surface area contributed by atoms with Crippen LogP contribution in [0.4, 0.5) is 0 Å². The van der Waals surface area contributed by atoms with Gasteiger partial charge in [0.05, 0.1) is 6.61 Å². The third-order valence-electron chi connectivity index (χ3n) is 6.88. The molecule has 126 valence electrons. The van der Waals surface area contributed by atoms with Gasteiger partial charge in [0, 0.05) is 18.2 Å². The summed E-state index contributed by atoms with van der Waals surface area (Å²) in [5.41, 5.74) is 1.88. The summed E-state index contributed by atoms with van der Waals surface area (Å²) in [6, 6.07) is 9.09. The molecule has 0 radical (unpaired) electrons. The van der Waals surface area contributed by atoms with Gasteiger partial charge in [-0.05, 0) is 81.6 Å². The van der Waals surface area contributed by atoms with Gasteiger partial charge in [-0.3, -0.25) is 0 Å². The second-order valence-electron chi connectivity index (χ2n) is 8.42. The fourth-order valence-corrected chi connectivity index (χ4v) is 6.13. The summed E-state index contributed by atoms with van der Waals surface area (Å²) in [6.45, 7) is 6.17. The van der Waals surface area contributed by atoms with Gasteiger partial charge in [-0.2, -0.15) is 0 Å². The first kappa shape index (κ1) is 15.5. The van der Waals surface area contributed by atoms with Crippen LogP contribution in [0.2, 0.25) is 0 Å². The number of ether oxygens (including phenoxy) is 1. The number of rotatable bonds is 6. The van der Waals surface area contributed by atoms with Crippen LogP contribution in [0.5, 0.6) is 5.75 Å². The normalized spacial score (nSPS) is 36.2. The summed E-state index contributed by atoms with van der Waals surface area (Å²) in [7, 11) is 0. The minimum absolute atomic E-state index is 0.579. The maximum Gasteiger partial charge on any atom is 0.123 e. The van der Waals surface area contributed by atoms with E-state index in [0.717, 1.165) is 36.7 Å². The van der Waals surface area contributed by atoms with E-state index in [0.29, 0.717) is 11.5 Å². The topological polar surface area (TPSA) is 21.3 Å². The molecular weight excluding hydrogens is 282 g/mol. The van der Waals surface area contributed by atoms with Gasteiger partial charge in [0.1, 0.15) is 5.75 Å². The van der Waals surface area contributed by atoms with Crippen molar-refractivity contribution in [2.75, 3.05) is 6.61 Å². The smallest absolute Gasteiger partial charge is 0.123 e. The van der Waals surface area contributed by atoms with Crippen LogP contribution in [0.1, 0.15) is 57.9 Å². The molecule has 4 bridgehead atoms. The van der Waals surface area contributed by atoms with Crippen molar-refractivity contribution in [3.8, 4) is 5.75 Å². The average Bonchev–Trinajstić information content (AvgIpc) is 2.53. The zero-order valence-corrected chi connectivity index (χ0v) is 14.7. The van der Waals surface area contributed by atoms with Crippen LogP contribution < -0.4 is 10.1 Å². The third-order valence-corrected chi connectivity index (χ3v) is 6.88. The molecule has 4 fully saturated rings. The van der Waals surface area contributed by atoms with Crippen molar-refractivity contribution < 1.29 is 4.74 Å². The van der Waals surface area contributed by atoms with Crippen LogP contribution in [0, 0.1) is 23.2 Å². The Morgan fingerprint density at radius 1 is 1.09 bits per heavy atom. The summed E-state index contributed by atoms with van der Waals surface area (Å²) < 4.78 is 5.78. The van der Waals surface area contributed by atoms with Gasteiger partial charge in [-0.25, -0.2) is 0 Å². The molecule has 0 spiro atoms. The molecular formula is C21H31NO. The van der Waals surface area contributed by atoms with Crippen molar-refractivity contribution >= 4 is 0 Å². The molecule has 0 heterocycles. The van der Waals surface area contributed by atoms with Crippen molar-refractivity contribution in [2.45, 2.75) is 65.0 Å². The number of hydrogen-bond donors (Lipinski definition) is 1. The van der Waals surface area contributed by atoms with Gasteiger partial charge in [0.25, 0.3) is 0 Å². The second-order valence-corrected chi connectivity index (χ2v) is 8.42. The Kier molecular flexibility index (Phi) is 4.13. The predicted octanol–water partition coefficient (Wildman–Crippen LogP) is 4.78. The van der Waals surface area contributed by atoms with Crippen molar-refractivity contribution in [1.29, 1.82) is 0 Å². The van der Waals surface area contributed by atoms with E-state index in [-0.39, 0.29) is 0 Å². The molecule has 0 saturated heterocycles. The first-order valence-electron chi connectivity index (χ1n) is 9.62. The molecule has 0 amide bonds. The van der Waals surface area contributed by atoms with Crippen LogP contribution in [0.15, 0.2) is 24.3 Å². The van der Waals surface area contributed by atoms with Crippen LogP contribution in [-0.4, -0.2) is 12.6 Å². The average molecular weight is 313 g/mol. The van der Waals surface area contributed by atoms with E-state index in [1.807, 2.05) is 0 Å². The quantitative estimate of drug-likeness (QED) is 0.816. The molecule has 5 rings (SSSR count). The first-order valence-corrected chi connectivity index (χ1v) is 9.62. The summed E-state index contributed by atoms with van der Waals surface area (Å²) in [4.78, 5) is 0. The van der Waals surface area contributed by atoms with E-state index < -0.39 is 0 Å². The van der Waals surface area contributed by atoms with Gasteiger partial charge in [-0.15, -0.1) is 0 Å². The maximum absolute atomic E-state index is 5.78. The lowest BCUT2D eigenvalue weighted by Gasteiger charge is -2.59. The van der Waals surface area contributed by atoms with E-state index in [9.17, 15) is 0 Å². The molecule has 4 aliphatic rings. The van der Waals surface area contributed by atoms with Gasteiger partial charge in [-0.1, -0.05) is 18.2 Å². The summed E-state index contributed by atoms with van der Waals surface area (Å²) in [5, 5.41) is 3.87. The van der Waals surface area contributed by atoms with E-state index in [2.05, 4.69) is 43.4 Å². The van der Waals surface area contributed by atoms with Gasteiger partial charge in [0.2, 0.25) is 0 Å². The Labute approximate surface area is 141 Å². The lowest BCUT2D eigenvalue weighted by molar-refractivity contribution is -0.0706. The Bertz CT molecular complexity index is 517. The van der Waals surface area contributed by atoms with Crippen molar-refractivity contribution in [1.82, 2.24) is 5.32 Å². The SMILES string of the molecule is CCOc1ccccc1CN[C@H](C)C12CC3CC(CC(C3)C1)C2. The van der Waals surface area contributed by atoms with Crippen LogP contribution in [0.25, 0.3) is 0 Å². The van der Waals surface area contributed by atoms with Crippen molar-refractivity contribution in [3.05, 3.63) is 29.8 Å². The highest BCUT2D eigenvalue weighted by Gasteiger charge is 2.52. The maximum atomic E-state index is 5.78. The predicted molar refractivity (Wildman–Crippen MR) is 94.5 cm³/mol. The second kappa shape index (κ2) is 6.12.